The molecule has 0 saturated carbocycles. The van der Waals surface area contributed by atoms with Crippen molar-refractivity contribution in [1.82, 2.24) is 0 Å². The average molecular weight is 342 g/mol. The van der Waals surface area contributed by atoms with Crippen molar-refractivity contribution in [1.29, 1.82) is 0 Å². The number of esters is 1. The molecule has 1 aliphatic heterocycles. The van der Waals surface area contributed by atoms with Gasteiger partial charge in [0, 0.05) is 6.42 Å². The Morgan fingerprint density at radius 1 is 0.958 bits per heavy atom. The molecule has 2 atom stereocenters. The molecule has 5 heteroatoms. The van der Waals surface area contributed by atoms with Crippen LogP contribution in [0.5, 0.6) is 0 Å². The largest absolute Gasteiger partial charge is 0.457 e. The number of ether oxygens (including phenoxy) is 1. The van der Waals surface area contributed by atoms with Gasteiger partial charge in [-0.1, -0.05) is 54.6 Å². The van der Waals surface area contributed by atoms with Gasteiger partial charge in [-0.15, -0.1) is 0 Å². The van der Waals surface area contributed by atoms with Gasteiger partial charge in [-0.05, 0) is 30.2 Å². The maximum absolute atomic E-state index is 12.9. The van der Waals surface area contributed by atoms with E-state index < -0.39 is 21.2 Å². The Balaban J connectivity index is 1.90. The molecular formula is C19H18O4S. The van der Waals surface area contributed by atoms with Crippen LogP contribution in [0.2, 0.25) is 0 Å². The van der Waals surface area contributed by atoms with E-state index in [0.29, 0.717) is 0 Å². The van der Waals surface area contributed by atoms with E-state index in [1.165, 1.54) is 0 Å². The van der Waals surface area contributed by atoms with Crippen LogP contribution in [-0.4, -0.2) is 25.7 Å². The fourth-order valence-electron chi connectivity index (χ4n) is 2.76. The van der Waals surface area contributed by atoms with Crippen LogP contribution in [-0.2, 0) is 19.4 Å². The SMILES string of the molecule is O=C1CC[C@@H](S(=O)(=O)c2ccccc2)[C@H](/C=C/c2ccccc2)O1. The molecule has 1 aliphatic rings. The Bertz CT molecular complexity index is 826. The topological polar surface area (TPSA) is 60.4 Å². The fraction of sp³-hybridized carbons (Fsp3) is 0.211. The number of carbonyl (C=O) groups is 1. The van der Waals surface area contributed by atoms with E-state index in [0.717, 1.165) is 5.56 Å². The summed E-state index contributed by atoms with van der Waals surface area (Å²) < 4.78 is 31.1. The highest BCUT2D eigenvalue weighted by Gasteiger charge is 2.39. The fourth-order valence-corrected chi connectivity index (χ4v) is 4.57. The molecule has 3 rings (SSSR count). The molecule has 1 fully saturated rings. The number of cyclic esters (lactones) is 1. The highest BCUT2D eigenvalue weighted by atomic mass is 32.2. The van der Waals surface area contributed by atoms with Crippen LogP contribution in [0.3, 0.4) is 0 Å². The third-order valence-electron chi connectivity index (χ3n) is 4.02. The Morgan fingerprint density at radius 2 is 1.58 bits per heavy atom. The van der Waals surface area contributed by atoms with Crippen molar-refractivity contribution < 1.29 is 17.9 Å². The standard InChI is InChI=1S/C19H18O4S/c20-19-14-13-18(24(21,22)16-9-5-2-6-10-16)17(23-19)12-11-15-7-3-1-4-8-15/h1-12,17-18H,13-14H2/b12-11+/t17-,18+/m0/s1. The monoisotopic (exact) mass is 342 g/mol. The van der Waals surface area contributed by atoms with Gasteiger partial charge in [0.25, 0.3) is 0 Å². The van der Waals surface area contributed by atoms with E-state index in [2.05, 4.69) is 0 Å². The van der Waals surface area contributed by atoms with Gasteiger partial charge in [0.1, 0.15) is 11.4 Å². The van der Waals surface area contributed by atoms with Gasteiger partial charge in [-0.3, -0.25) is 4.79 Å². The van der Waals surface area contributed by atoms with Gasteiger partial charge in [0.05, 0.1) is 4.90 Å². The predicted molar refractivity (Wildman–Crippen MR) is 92.0 cm³/mol. The first-order valence-electron chi connectivity index (χ1n) is 7.79. The Hall–Kier alpha value is -2.40. The van der Waals surface area contributed by atoms with Crippen LogP contribution < -0.4 is 0 Å². The van der Waals surface area contributed by atoms with Crippen LogP contribution in [0.1, 0.15) is 18.4 Å². The molecule has 0 spiro atoms. The van der Waals surface area contributed by atoms with Gasteiger partial charge in [-0.25, -0.2) is 8.42 Å². The molecule has 2 aromatic carbocycles. The molecule has 1 saturated heterocycles. The number of benzene rings is 2. The molecule has 0 unspecified atom stereocenters. The summed E-state index contributed by atoms with van der Waals surface area (Å²) in [5, 5.41) is -0.766. The van der Waals surface area contributed by atoms with Gasteiger partial charge in [0.2, 0.25) is 0 Å². The van der Waals surface area contributed by atoms with Crippen LogP contribution >= 0.6 is 0 Å². The second-order valence-electron chi connectivity index (χ2n) is 5.66. The molecule has 0 bridgehead atoms. The Morgan fingerprint density at radius 3 is 2.25 bits per heavy atom. The van der Waals surface area contributed by atoms with Gasteiger partial charge >= 0.3 is 5.97 Å². The number of rotatable bonds is 4. The molecule has 0 radical (unpaired) electrons. The zero-order chi connectivity index (χ0) is 17.0. The molecular weight excluding hydrogens is 324 g/mol. The highest BCUT2D eigenvalue weighted by Crippen LogP contribution is 2.28. The van der Waals surface area contributed by atoms with Crippen LogP contribution in [0.4, 0.5) is 0 Å². The number of sulfone groups is 1. The Labute approximate surface area is 141 Å². The maximum atomic E-state index is 12.9. The number of hydrogen-bond acceptors (Lipinski definition) is 4. The molecule has 124 valence electrons. The first-order chi connectivity index (χ1) is 11.6. The quantitative estimate of drug-likeness (QED) is 0.800. The molecule has 0 aromatic heterocycles. The summed E-state index contributed by atoms with van der Waals surface area (Å²) in [6.07, 6.45) is 3.05. The molecule has 1 heterocycles. The summed E-state index contributed by atoms with van der Waals surface area (Å²) in [5.74, 6) is -0.364. The van der Waals surface area contributed by atoms with E-state index >= 15 is 0 Å². The molecule has 0 amide bonds. The normalized spacial score (nSPS) is 21.6. The molecule has 0 N–H and O–H groups in total. The lowest BCUT2D eigenvalue weighted by atomic mass is 10.1. The highest BCUT2D eigenvalue weighted by molar-refractivity contribution is 7.92. The smallest absolute Gasteiger partial charge is 0.306 e. The summed E-state index contributed by atoms with van der Waals surface area (Å²) in [5.41, 5.74) is 0.926. The summed E-state index contributed by atoms with van der Waals surface area (Å²) in [6, 6.07) is 17.8. The van der Waals surface area contributed by atoms with E-state index in [9.17, 15) is 13.2 Å². The van der Waals surface area contributed by atoms with Crippen molar-refractivity contribution >= 4 is 21.9 Å². The summed E-state index contributed by atoms with van der Waals surface area (Å²) in [4.78, 5) is 11.9. The summed E-state index contributed by atoms with van der Waals surface area (Å²) in [7, 11) is -3.57. The van der Waals surface area contributed by atoms with Crippen molar-refractivity contribution in [3.63, 3.8) is 0 Å². The molecule has 24 heavy (non-hydrogen) atoms. The predicted octanol–water partition coefficient (Wildman–Crippen LogP) is 3.25. The van der Waals surface area contributed by atoms with Gasteiger partial charge in [0.15, 0.2) is 9.84 Å². The van der Waals surface area contributed by atoms with E-state index in [1.54, 1.807) is 42.5 Å². The zero-order valence-electron chi connectivity index (χ0n) is 13.0. The number of hydrogen-bond donors (Lipinski definition) is 0. The average Bonchev–Trinajstić information content (AvgIpc) is 2.61. The maximum Gasteiger partial charge on any atom is 0.306 e. The van der Waals surface area contributed by atoms with Crippen LogP contribution in [0.25, 0.3) is 6.08 Å². The van der Waals surface area contributed by atoms with Crippen molar-refractivity contribution in [2.45, 2.75) is 29.1 Å². The lowest BCUT2D eigenvalue weighted by molar-refractivity contribution is -0.150. The third kappa shape index (κ3) is 3.57. The van der Waals surface area contributed by atoms with Crippen molar-refractivity contribution in [3.8, 4) is 0 Å². The molecule has 0 aliphatic carbocycles. The van der Waals surface area contributed by atoms with Gasteiger partial charge in [-0.2, -0.15) is 0 Å². The van der Waals surface area contributed by atoms with Crippen LogP contribution in [0, 0.1) is 0 Å². The van der Waals surface area contributed by atoms with Crippen molar-refractivity contribution in [2.75, 3.05) is 0 Å². The lowest BCUT2D eigenvalue weighted by Gasteiger charge is -2.29. The minimum atomic E-state index is -3.57. The summed E-state index contributed by atoms with van der Waals surface area (Å²) in [6.45, 7) is 0. The Kier molecular flexibility index (Phi) is 4.81. The first kappa shape index (κ1) is 16.5. The second kappa shape index (κ2) is 7.01. The van der Waals surface area contributed by atoms with Crippen molar-refractivity contribution in [2.24, 2.45) is 0 Å². The number of carbonyl (C=O) groups excluding carboxylic acids is 1. The second-order valence-corrected chi connectivity index (χ2v) is 7.83. The van der Waals surface area contributed by atoms with E-state index in [-0.39, 0.29) is 23.7 Å². The van der Waals surface area contributed by atoms with Crippen molar-refractivity contribution in [3.05, 3.63) is 72.3 Å². The zero-order valence-corrected chi connectivity index (χ0v) is 13.9. The lowest BCUT2D eigenvalue weighted by Crippen LogP contribution is -2.40. The van der Waals surface area contributed by atoms with E-state index in [4.69, 9.17) is 4.74 Å². The van der Waals surface area contributed by atoms with Gasteiger partial charge < -0.3 is 4.74 Å². The first-order valence-corrected chi connectivity index (χ1v) is 9.34. The third-order valence-corrected chi connectivity index (χ3v) is 6.25. The van der Waals surface area contributed by atoms with Crippen LogP contribution in [0.15, 0.2) is 71.6 Å². The minimum Gasteiger partial charge on any atom is -0.457 e. The molecule has 4 nitrogen and oxygen atoms in total. The summed E-state index contributed by atoms with van der Waals surface area (Å²) >= 11 is 0. The molecule has 2 aromatic rings. The minimum absolute atomic E-state index is 0.117. The van der Waals surface area contributed by atoms with E-state index in [1.807, 2.05) is 30.3 Å².